The van der Waals surface area contributed by atoms with E-state index in [1.54, 1.807) is 12.1 Å². The lowest BCUT2D eigenvalue weighted by Gasteiger charge is -2.06. The number of methoxy groups -OCH3 is 1. The number of amides is 2. The van der Waals surface area contributed by atoms with Gasteiger partial charge >= 0.3 is 6.09 Å². The first-order valence-corrected chi connectivity index (χ1v) is 4.80. The van der Waals surface area contributed by atoms with E-state index in [-0.39, 0.29) is 6.61 Å². The zero-order valence-electron chi connectivity index (χ0n) is 9.52. The molecule has 7 nitrogen and oxygen atoms in total. The molecule has 0 atom stereocenters. The lowest BCUT2D eigenvalue weighted by molar-refractivity contribution is -0.118. The molecule has 0 aliphatic heterocycles. The lowest BCUT2D eigenvalue weighted by atomic mass is 10.4. The number of ether oxygens (including phenoxy) is 2. The summed E-state index contributed by atoms with van der Waals surface area (Å²) in [7, 11) is 2.91. The molecule has 0 bridgehead atoms. The van der Waals surface area contributed by atoms with Crippen molar-refractivity contribution in [3.05, 3.63) is 18.3 Å². The van der Waals surface area contributed by atoms with Gasteiger partial charge in [0.2, 0.25) is 5.88 Å². The summed E-state index contributed by atoms with van der Waals surface area (Å²) in [6.45, 7) is -0.355. The normalized spacial score (nSPS) is 9.29. The van der Waals surface area contributed by atoms with E-state index in [1.165, 1.54) is 20.4 Å². The minimum atomic E-state index is -0.659. The zero-order valence-corrected chi connectivity index (χ0v) is 9.52. The molecule has 0 radical (unpaired) electrons. The van der Waals surface area contributed by atoms with E-state index < -0.39 is 12.0 Å². The lowest BCUT2D eigenvalue weighted by Crippen LogP contribution is -2.26. The van der Waals surface area contributed by atoms with Crippen LogP contribution in [0.3, 0.4) is 0 Å². The van der Waals surface area contributed by atoms with Gasteiger partial charge in [0, 0.05) is 13.1 Å². The van der Waals surface area contributed by atoms with E-state index >= 15 is 0 Å². The molecule has 1 aromatic heterocycles. The van der Waals surface area contributed by atoms with Crippen LogP contribution in [0.5, 0.6) is 5.88 Å². The standard InChI is InChI=1S/C10H13N3O4/c1-11-10(15)17-6-8(14)13-7-3-4-9(16-2)12-5-7/h3-5H,6H2,1-2H3,(H,11,15)(H,13,14). The van der Waals surface area contributed by atoms with Crippen molar-refractivity contribution in [2.24, 2.45) is 0 Å². The van der Waals surface area contributed by atoms with Gasteiger partial charge in [-0.3, -0.25) is 4.79 Å². The summed E-state index contributed by atoms with van der Waals surface area (Å²) in [6, 6.07) is 3.23. The number of aromatic nitrogens is 1. The third-order valence-electron chi connectivity index (χ3n) is 1.77. The average Bonchev–Trinajstić information content (AvgIpc) is 2.36. The van der Waals surface area contributed by atoms with Gasteiger partial charge in [-0.05, 0) is 6.07 Å². The third-order valence-corrected chi connectivity index (χ3v) is 1.77. The van der Waals surface area contributed by atoms with Crippen molar-refractivity contribution in [2.75, 3.05) is 26.1 Å². The Hall–Kier alpha value is -2.31. The second-order valence-electron chi connectivity index (χ2n) is 2.96. The maximum Gasteiger partial charge on any atom is 0.407 e. The van der Waals surface area contributed by atoms with Gasteiger partial charge in [-0.1, -0.05) is 0 Å². The summed E-state index contributed by atoms with van der Waals surface area (Å²) in [5, 5.41) is 4.74. The Kier molecular flexibility index (Phi) is 4.74. The summed E-state index contributed by atoms with van der Waals surface area (Å²) in [5.74, 6) is 0.00479. The molecule has 0 aliphatic rings. The molecule has 92 valence electrons. The number of alkyl carbamates (subject to hydrolysis) is 1. The SMILES string of the molecule is CNC(=O)OCC(=O)Nc1ccc(OC)nc1. The molecule has 1 aromatic rings. The van der Waals surface area contributed by atoms with Crippen LogP contribution >= 0.6 is 0 Å². The van der Waals surface area contributed by atoms with Crippen molar-refractivity contribution in [1.29, 1.82) is 0 Å². The Morgan fingerprint density at radius 3 is 2.71 bits per heavy atom. The minimum absolute atomic E-state index is 0.355. The fourth-order valence-electron chi connectivity index (χ4n) is 0.975. The molecule has 0 saturated carbocycles. The van der Waals surface area contributed by atoms with Crippen molar-refractivity contribution >= 4 is 17.7 Å². The van der Waals surface area contributed by atoms with Gasteiger partial charge in [0.15, 0.2) is 6.61 Å². The van der Waals surface area contributed by atoms with Crippen LogP contribution in [-0.2, 0) is 9.53 Å². The molecule has 2 amide bonds. The molecule has 0 spiro atoms. The predicted molar refractivity (Wildman–Crippen MR) is 59.8 cm³/mol. The van der Waals surface area contributed by atoms with Crippen LogP contribution in [0, 0.1) is 0 Å². The van der Waals surface area contributed by atoms with Crippen LogP contribution in [0.1, 0.15) is 0 Å². The molecule has 17 heavy (non-hydrogen) atoms. The van der Waals surface area contributed by atoms with Crippen molar-refractivity contribution in [3.8, 4) is 5.88 Å². The number of rotatable bonds is 4. The van der Waals surface area contributed by atoms with Gasteiger partial charge < -0.3 is 20.1 Å². The monoisotopic (exact) mass is 239 g/mol. The summed E-state index contributed by atoms with van der Waals surface area (Å²) in [4.78, 5) is 25.9. The van der Waals surface area contributed by atoms with Crippen LogP contribution < -0.4 is 15.4 Å². The van der Waals surface area contributed by atoms with E-state index in [9.17, 15) is 9.59 Å². The first-order valence-electron chi connectivity index (χ1n) is 4.80. The number of carbonyl (C=O) groups is 2. The number of pyridine rings is 1. The number of hydrogen-bond donors (Lipinski definition) is 2. The van der Waals surface area contributed by atoms with Gasteiger partial charge in [-0.25, -0.2) is 9.78 Å². The molecular weight excluding hydrogens is 226 g/mol. The van der Waals surface area contributed by atoms with Crippen molar-refractivity contribution < 1.29 is 19.1 Å². The van der Waals surface area contributed by atoms with Gasteiger partial charge in [0.25, 0.3) is 5.91 Å². The molecule has 0 fully saturated rings. The summed E-state index contributed by atoms with van der Waals surface area (Å²) in [5.41, 5.74) is 0.497. The molecule has 1 rings (SSSR count). The third kappa shape index (κ3) is 4.37. The first kappa shape index (κ1) is 12.8. The Labute approximate surface area is 98.1 Å². The molecule has 0 aliphatic carbocycles. The number of nitrogens with zero attached hydrogens (tertiary/aromatic N) is 1. The summed E-state index contributed by atoms with van der Waals surface area (Å²) in [6.07, 6.45) is 0.782. The summed E-state index contributed by atoms with van der Waals surface area (Å²) >= 11 is 0. The molecule has 2 N–H and O–H groups in total. The molecule has 0 saturated heterocycles. The molecule has 1 heterocycles. The molecule has 0 aromatic carbocycles. The highest BCUT2D eigenvalue weighted by Gasteiger charge is 2.06. The van der Waals surface area contributed by atoms with Gasteiger partial charge in [0.05, 0.1) is 19.0 Å². The second kappa shape index (κ2) is 6.31. The smallest absolute Gasteiger partial charge is 0.407 e. The van der Waals surface area contributed by atoms with Crippen molar-refractivity contribution in [3.63, 3.8) is 0 Å². The van der Waals surface area contributed by atoms with Crippen LogP contribution in [-0.4, -0.2) is 37.7 Å². The number of nitrogens with one attached hydrogen (secondary N) is 2. The highest BCUT2D eigenvalue weighted by atomic mass is 16.6. The maximum absolute atomic E-state index is 11.3. The van der Waals surface area contributed by atoms with Gasteiger partial charge in [-0.2, -0.15) is 0 Å². The highest BCUT2D eigenvalue weighted by molar-refractivity contribution is 5.92. The minimum Gasteiger partial charge on any atom is -0.481 e. The fourth-order valence-corrected chi connectivity index (χ4v) is 0.975. The van der Waals surface area contributed by atoms with Crippen molar-refractivity contribution in [2.45, 2.75) is 0 Å². The van der Waals surface area contributed by atoms with E-state index in [1.807, 2.05) is 0 Å². The highest BCUT2D eigenvalue weighted by Crippen LogP contribution is 2.10. The van der Waals surface area contributed by atoms with Crippen LogP contribution in [0.2, 0.25) is 0 Å². The number of anilines is 1. The second-order valence-corrected chi connectivity index (χ2v) is 2.96. The molecular formula is C10H13N3O4. The van der Waals surface area contributed by atoms with Crippen molar-refractivity contribution in [1.82, 2.24) is 10.3 Å². The largest absolute Gasteiger partial charge is 0.481 e. The topological polar surface area (TPSA) is 89.5 Å². The number of hydrogen-bond acceptors (Lipinski definition) is 5. The van der Waals surface area contributed by atoms with E-state index in [0.29, 0.717) is 11.6 Å². The first-order chi connectivity index (χ1) is 8.15. The van der Waals surface area contributed by atoms with E-state index in [0.717, 1.165) is 0 Å². The Morgan fingerprint density at radius 2 is 2.18 bits per heavy atom. The molecule has 0 unspecified atom stereocenters. The maximum atomic E-state index is 11.3. The predicted octanol–water partition coefficient (Wildman–Crippen LogP) is 0.385. The number of carbonyl (C=O) groups excluding carboxylic acids is 2. The Balaban J connectivity index is 2.42. The van der Waals surface area contributed by atoms with Crippen LogP contribution in [0.25, 0.3) is 0 Å². The van der Waals surface area contributed by atoms with Crippen LogP contribution in [0.4, 0.5) is 10.5 Å². The average molecular weight is 239 g/mol. The zero-order chi connectivity index (χ0) is 12.7. The quantitative estimate of drug-likeness (QED) is 0.793. The Bertz CT molecular complexity index is 391. The fraction of sp³-hybridized carbons (Fsp3) is 0.300. The van der Waals surface area contributed by atoms with Gasteiger partial charge in [-0.15, -0.1) is 0 Å². The molecule has 7 heteroatoms. The van der Waals surface area contributed by atoms with E-state index in [4.69, 9.17) is 4.74 Å². The Morgan fingerprint density at radius 1 is 1.41 bits per heavy atom. The van der Waals surface area contributed by atoms with Crippen LogP contribution in [0.15, 0.2) is 18.3 Å². The summed E-state index contributed by atoms with van der Waals surface area (Å²) < 4.78 is 9.43. The van der Waals surface area contributed by atoms with E-state index in [2.05, 4.69) is 20.4 Å². The van der Waals surface area contributed by atoms with Gasteiger partial charge in [0.1, 0.15) is 0 Å².